The Balaban J connectivity index is 1.72. The molecule has 206 valence electrons. The molecule has 0 aliphatic rings. The number of rotatable bonds is 12. The molecule has 0 unspecified atom stereocenters. The Morgan fingerprint density at radius 1 is 0.825 bits per heavy atom. The van der Waals surface area contributed by atoms with E-state index in [1.165, 1.54) is 11.1 Å². The highest BCUT2D eigenvalue weighted by atomic mass is 32.2. The summed E-state index contributed by atoms with van der Waals surface area (Å²) in [7, 11) is 0. The smallest absolute Gasteiger partial charge is 0.326 e. The number of nitrogens with one attached hydrogen (secondary N) is 1. The maximum Gasteiger partial charge on any atom is 0.326 e. The van der Waals surface area contributed by atoms with Crippen molar-refractivity contribution in [1.29, 1.82) is 0 Å². The highest BCUT2D eigenvalue weighted by molar-refractivity contribution is 7.98. The van der Waals surface area contributed by atoms with Crippen LogP contribution in [-0.2, 0) is 17.9 Å². The number of amides is 1. The van der Waals surface area contributed by atoms with Gasteiger partial charge in [-0.05, 0) is 89.9 Å². The summed E-state index contributed by atoms with van der Waals surface area (Å²) >= 11 is 1.56. The average Bonchev–Trinajstić information content (AvgIpc) is 2.95. The number of aryl methyl sites for hydroxylation is 2. The number of carbonyl (C=O) groups excluding carboxylic acids is 1. The molecule has 0 radical (unpaired) electrons. The van der Waals surface area contributed by atoms with Gasteiger partial charge in [-0.1, -0.05) is 72.8 Å². The maximum atomic E-state index is 13.5. The number of anilines is 1. The van der Waals surface area contributed by atoms with Gasteiger partial charge in [-0.25, -0.2) is 4.79 Å². The highest BCUT2D eigenvalue weighted by Gasteiger charge is 2.23. The first-order valence-corrected chi connectivity index (χ1v) is 14.8. The van der Waals surface area contributed by atoms with Crippen LogP contribution >= 0.6 is 11.8 Å². The lowest BCUT2D eigenvalue weighted by Crippen LogP contribution is -2.41. The van der Waals surface area contributed by atoms with Crippen LogP contribution in [0.2, 0.25) is 0 Å². The van der Waals surface area contributed by atoms with Gasteiger partial charge in [0.15, 0.2) is 0 Å². The third-order valence-corrected chi connectivity index (χ3v) is 7.58. The number of aliphatic carboxylic acids is 1. The van der Waals surface area contributed by atoms with Gasteiger partial charge in [0, 0.05) is 24.3 Å². The van der Waals surface area contributed by atoms with Crippen molar-refractivity contribution in [3.8, 4) is 11.1 Å². The molecule has 4 rings (SSSR count). The zero-order chi connectivity index (χ0) is 28.5. The summed E-state index contributed by atoms with van der Waals surface area (Å²) in [6, 6.07) is 31.8. The molecule has 0 spiro atoms. The van der Waals surface area contributed by atoms with Crippen molar-refractivity contribution in [2.75, 3.05) is 16.9 Å². The van der Waals surface area contributed by atoms with Crippen molar-refractivity contribution in [2.24, 2.45) is 0 Å². The highest BCUT2D eigenvalue weighted by Crippen LogP contribution is 2.30. The monoisotopic (exact) mass is 552 g/mol. The van der Waals surface area contributed by atoms with Gasteiger partial charge >= 0.3 is 5.97 Å². The van der Waals surface area contributed by atoms with Crippen LogP contribution < -0.4 is 10.2 Å². The summed E-state index contributed by atoms with van der Waals surface area (Å²) in [5.74, 6) is -0.749. The second-order valence-corrected chi connectivity index (χ2v) is 11.0. The number of carboxylic acids is 1. The van der Waals surface area contributed by atoms with E-state index >= 15 is 0 Å². The van der Waals surface area contributed by atoms with Gasteiger partial charge in [0.05, 0.1) is 0 Å². The van der Waals surface area contributed by atoms with Gasteiger partial charge in [-0.2, -0.15) is 11.8 Å². The fourth-order valence-corrected chi connectivity index (χ4v) is 5.27. The molecule has 2 N–H and O–H groups in total. The molecule has 40 heavy (non-hydrogen) atoms. The van der Waals surface area contributed by atoms with Crippen LogP contribution in [-0.4, -0.2) is 35.0 Å². The minimum atomic E-state index is -1.02. The molecule has 0 fully saturated rings. The fourth-order valence-electron chi connectivity index (χ4n) is 4.80. The maximum absolute atomic E-state index is 13.5. The van der Waals surface area contributed by atoms with Gasteiger partial charge in [0.1, 0.15) is 6.04 Å². The summed E-state index contributed by atoms with van der Waals surface area (Å²) in [6.45, 7) is 5.50. The zero-order valence-corrected chi connectivity index (χ0v) is 24.1. The van der Waals surface area contributed by atoms with E-state index in [1.54, 1.807) is 11.8 Å². The molecule has 0 aliphatic heterocycles. The molecule has 0 saturated heterocycles. The molecule has 6 heteroatoms. The van der Waals surface area contributed by atoms with E-state index in [2.05, 4.69) is 71.7 Å². The van der Waals surface area contributed by atoms with Gasteiger partial charge < -0.3 is 15.3 Å². The lowest BCUT2D eigenvalue weighted by atomic mass is 9.93. The first-order chi connectivity index (χ1) is 19.4. The van der Waals surface area contributed by atoms with Crippen molar-refractivity contribution in [3.05, 3.63) is 125 Å². The molecular weight excluding hydrogens is 516 g/mol. The van der Waals surface area contributed by atoms with Crippen molar-refractivity contribution in [3.63, 3.8) is 0 Å². The molecule has 4 aromatic rings. The summed E-state index contributed by atoms with van der Waals surface area (Å²) in [5, 5.41) is 12.4. The number of hydrogen-bond acceptors (Lipinski definition) is 4. The Bertz CT molecular complexity index is 1450. The minimum absolute atomic E-state index is 0.366. The molecule has 4 aromatic carbocycles. The molecule has 1 amide bonds. The standard InChI is InChI=1S/C34H36N2O3S/c1-24-10-9-14-28(20-24)36(22-26-12-5-4-6-13-26)23-27-16-17-30(31(21-27)29-15-8-7-11-25(29)2)33(37)35-32(34(38)39)18-19-40-3/h4-17,20-21,32H,18-19,22-23H2,1-3H3,(H,35,37)(H,38,39)/t32-/m0/s1. The topological polar surface area (TPSA) is 69.6 Å². The lowest BCUT2D eigenvalue weighted by molar-refractivity contribution is -0.139. The summed E-state index contributed by atoms with van der Waals surface area (Å²) in [5.41, 5.74) is 7.86. The number of carboxylic acid groups (broad SMARTS) is 1. The molecular formula is C34H36N2O3S. The Hall–Kier alpha value is -4.03. The van der Waals surface area contributed by atoms with E-state index in [0.717, 1.165) is 34.5 Å². The lowest BCUT2D eigenvalue weighted by Gasteiger charge is -2.26. The first-order valence-electron chi connectivity index (χ1n) is 13.4. The van der Waals surface area contributed by atoms with Crippen LogP contribution in [0.15, 0.2) is 97.1 Å². The number of carbonyl (C=O) groups is 2. The van der Waals surface area contributed by atoms with Gasteiger partial charge in [0.2, 0.25) is 0 Å². The zero-order valence-electron chi connectivity index (χ0n) is 23.3. The van der Waals surface area contributed by atoms with E-state index in [-0.39, 0.29) is 5.91 Å². The van der Waals surface area contributed by atoms with Crippen molar-refractivity contribution in [1.82, 2.24) is 5.32 Å². The third kappa shape index (κ3) is 7.54. The van der Waals surface area contributed by atoms with Crippen LogP contribution in [0.25, 0.3) is 11.1 Å². The largest absolute Gasteiger partial charge is 0.480 e. The second-order valence-electron chi connectivity index (χ2n) is 10.0. The first kappa shape index (κ1) is 29.0. The van der Waals surface area contributed by atoms with Crippen molar-refractivity contribution >= 4 is 29.3 Å². The minimum Gasteiger partial charge on any atom is -0.480 e. The Morgan fingerprint density at radius 2 is 1.55 bits per heavy atom. The number of thioether (sulfide) groups is 1. The van der Waals surface area contributed by atoms with E-state index in [4.69, 9.17) is 0 Å². The molecule has 5 nitrogen and oxygen atoms in total. The van der Waals surface area contributed by atoms with Gasteiger partial charge in [-0.15, -0.1) is 0 Å². The predicted molar refractivity (Wildman–Crippen MR) is 166 cm³/mol. The fraction of sp³-hybridized carbons (Fsp3) is 0.235. The normalized spacial score (nSPS) is 11.6. The van der Waals surface area contributed by atoms with E-state index < -0.39 is 12.0 Å². The summed E-state index contributed by atoms with van der Waals surface area (Å²) in [4.78, 5) is 27.6. The SMILES string of the molecule is CSCC[C@H](NC(=O)c1ccc(CN(Cc2ccccc2)c2cccc(C)c2)cc1-c1ccccc1C)C(=O)O. The molecule has 1 atom stereocenters. The van der Waals surface area contributed by atoms with Crippen molar-refractivity contribution < 1.29 is 14.7 Å². The summed E-state index contributed by atoms with van der Waals surface area (Å²) in [6.07, 6.45) is 2.29. The van der Waals surface area contributed by atoms with E-state index in [0.29, 0.717) is 24.3 Å². The second kappa shape index (κ2) is 13.9. The quantitative estimate of drug-likeness (QED) is 0.196. The van der Waals surface area contributed by atoms with Crippen LogP contribution in [0.1, 0.15) is 39.0 Å². The van der Waals surface area contributed by atoms with E-state index in [1.807, 2.05) is 55.6 Å². The number of hydrogen-bond donors (Lipinski definition) is 2. The molecule has 0 bridgehead atoms. The Kier molecular flexibility index (Phi) is 10.0. The Morgan fingerprint density at radius 3 is 2.25 bits per heavy atom. The summed E-state index contributed by atoms with van der Waals surface area (Å²) < 4.78 is 0. The molecule has 0 aromatic heterocycles. The van der Waals surface area contributed by atoms with Crippen LogP contribution in [0.4, 0.5) is 5.69 Å². The van der Waals surface area contributed by atoms with Gasteiger partial charge in [-0.3, -0.25) is 4.79 Å². The predicted octanol–water partition coefficient (Wildman–Crippen LogP) is 7.11. The number of benzene rings is 4. The van der Waals surface area contributed by atoms with Crippen molar-refractivity contribution in [2.45, 2.75) is 39.4 Å². The van der Waals surface area contributed by atoms with Crippen LogP contribution in [0.3, 0.4) is 0 Å². The average molecular weight is 553 g/mol. The van der Waals surface area contributed by atoms with E-state index in [9.17, 15) is 14.7 Å². The van der Waals surface area contributed by atoms with Crippen LogP contribution in [0.5, 0.6) is 0 Å². The molecule has 0 heterocycles. The number of nitrogens with zero attached hydrogens (tertiary/aromatic N) is 1. The van der Waals surface area contributed by atoms with Gasteiger partial charge in [0.25, 0.3) is 5.91 Å². The molecule has 0 aliphatic carbocycles. The Labute approximate surface area is 241 Å². The van der Waals surface area contributed by atoms with Crippen LogP contribution in [0, 0.1) is 13.8 Å². The molecule has 0 saturated carbocycles. The third-order valence-electron chi connectivity index (χ3n) is 6.93.